The SMILES string of the molecule is CC(C)(C)c1cc(-c2ccccc2)c(N2c3cc(-n4c5ccc(C(C)(C)C)cc5c5cc(C(C)(C)C)ccc54)ccc3B3c4ccc(-c5cccc6c5C(c5ccccc5)(c5cccc(-c7ccccc7)c5)c5ccccc5-6)cc4N(c4ccccc4-c4ccccc4)c4cccc2c43)c(-c2ccccc2)c1. The number of fused-ring (bicyclic) bond motifs is 10. The molecule has 1 unspecified atom stereocenters. The van der Waals surface area contributed by atoms with Gasteiger partial charge in [-0.05, 0) is 201 Å². The molecule has 0 bridgehead atoms. The minimum Gasteiger partial charge on any atom is -0.311 e. The molecule has 3 heterocycles. The second kappa shape index (κ2) is 25.0. The number of para-hydroxylation sites is 1. The molecule has 514 valence electrons. The Morgan fingerprint density at radius 2 is 0.720 bits per heavy atom. The molecule has 0 fully saturated rings. The normalized spacial score (nSPS) is 14.4. The first kappa shape index (κ1) is 65.5. The molecular formula is C103H84BN3. The highest BCUT2D eigenvalue weighted by Crippen LogP contribution is 2.60. The molecule has 0 saturated carbocycles. The molecule has 0 N–H and O–H groups in total. The minimum atomic E-state index is -0.697. The highest BCUT2D eigenvalue weighted by atomic mass is 15.2. The zero-order valence-corrected chi connectivity index (χ0v) is 62.3. The summed E-state index contributed by atoms with van der Waals surface area (Å²) in [7, 11) is 0. The predicted molar refractivity (Wildman–Crippen MR) is 455 cm³/mol. The molecule has 1 aromatic heterocycles. The third-order valence-corrected chi connectivity index (χ3v) is 23.3. The largest absolute Gasteiger partial charge is 0.311 e. The summed E-state index contributed by atoms with van der Waals surface area (Å²) in [5, 5.41) is 2.53. The summed E-state index contributed by atoms with van der Waals surface area (Å²) >= 11 is 0. The first-order valence-corrected chi connectivity index (χ1v) is 38.0. The van der Waals surface area contributed by atoms with Crippen LogP contribution < -0.4 is 26.2 Å². The summed E-state index contributed by atoms with van der Waals surface area (Å²) in [4.78, 5) is 5.32. The van der Waals surface area contributed by atoms with E-state index < -0.39 is 5.41 Å². The molecule has 16 aromatic rings. The van der Waals surface area contributed by atoms with Crippen molar-refractivity contribution in [3.63, 3.8) is 0 Å². The summed E-state index contributed by atoms with van der Waals surface area (Å²) in [5.41, 5.74) is 36.2. The predicted octanol–water partition coefficient (Wildman–Crippen LogP) is 25.5. The molecule has 0 saturated heterocycles. The second-order valence-corrected chi connectivity index (χ2v) is 32.8. The van der Waals surface area contributed by atoms with Gasteiger partial charge in [0.05, 0.1) is 27.8 Å². The van der Waals surface area contributed by atoms with Gasteiger partial charge in [0.25, 0.3) is 6.71 Å². The van der Waals surface area contributed by atoms with E-state index >= 15 is 0 Å². The van der Waals surface area contributed by atoms with Crippen molar-refractivity contribution in [2.24, 2.45) is 0 Å². The van der Waals surface area contributed by atoms with E-state index in [-0.39, 0.29) is 23.0 Å². The van der Waals surface area contributed by atoms with E-state index in [2.05, 4.69) is 422 Å². The maximum Gasteiger partial charge on any atom is 0.252 e. The van der Waals surface area contributed by atoms with Crippen molar-refractivity contribution >= 4 is 79.0 Å². The van der Waals surface area contributed by atoms with Gasteiger partial charge in [0.2, 0.25) is 0 Å². The van der Waals surface area contributed by atoms with Crippen molar-refractivity contribution in [3.8, 4) is 72.4 Å². The number of nitrogens with zero attached hydrogens (tertiary/aromatic N) is 3. The van der Waals surface area contributed by atoms with Crippen molar-refractivity contribution in [3.05, 3.63) is 385 Å². The zero-order valence-electron chi connectivity index (χ0n) is 62.3. The van der Waals surface area contributed by atoms with Crippen molar-refractivity contribution in [1.82, 2.24) is 4.57 Å². The van der Waals surface area contributed by atoms with Crippen LogP contribution >= 0.6 is 0 Å². The van der Waals surface area contributed by atoms with Gasteiger partial charge in [-0.15, -0.1) is 0 Å². The van der Waals surface area contributed by atoms with Gasteiger partial charge in [-0.3, -0.25) is 0 Å². The van der Waals surface area contributed by atoms with Gasteiger partial charge in [-0.1, -0.05) is 329 Å². The molecule has 1 aliphatic carbocycles. The van der Waals surface area contributed by atoms with Gasteiger partial charge in [0.1, 0.15) is 0 Å². The third kappa shape index (κ3) is 10.5. The fourth-order valence-electron chi connectivity index (χ4n) is 18.1. The first-order valence-electron chi connectivity index (χ1n) is 38.0. The standard InChI is InChI=1S/C103H84BN3/c1-100(2,3)74-53-58-91-85(62-74)86-63-75(101(4,5)6)54-59-92(86)105(91)78-55-57-89-96(66-78)107(99-83(69-36-19-12-20-37-69)64-77(102(7,8)9)65-84(99)70-38-21-13-22-39-70)94-51-31-50-93-98(94)104(89)88-56-52-72(61-95(88)106(93)90-49-28-26-44-79(90)68-34-17-11-18-35-68)80-46-30-47-82-81-45-25-27-48-87(81)103(97(80)82,73-41-23-14-24-42-73)76-43-29-40-71(60-76)67-32-15-10-16-33-67/h10-66H,1-9H3. The number of benzene rings is 15. The van der Waals surface area contributed by atoms with E-state index in [1.165, 1.54) is 116 Å². The first-order chi connectivity index (χ1) is 52.0. The van der Waals surface area contributed by atoms with Crippen LogP contribution in [0.4, 0.5) is 34.1 Å². The number of anilines is 6. The van der Waals surface area contributed by atoms with Crippen LogP contribution in [0, 0.1) is 0 Å². The molecule has 107 heavy (non-hydrogen) atoms. The van der Waals surface area contributed by atoms with Crippen molar-refractivity contribution < 1.29 is 0 Å². The van der Waals surface area contributed by atoms with Crippen LogP contribution in [0.2, 0.25) is 0 Å². The molecular weight excluding hydrogens is 1290 g/mol. The fourth-order valence-corrected chi connectivity index (χ4v) is 18.1. The van der Waals surface area contributed by atoms with Crippen molar-refractivity contribution in [2.45, 2.75) is 84.0 Å². The van der Waals surface area contributed by atoms with Crippen molar-refractivity contribution in [1.29, 1.82) is 0 Å². The second-order valence-electron chi connectivity index (χ2n) is 32.8. The Bertz CT molecular complexity index is 6060. The lowest BCUT2D eigenvalue weighted by Gasteiger charge is -2.45. The zero-order chi connectivity index (χ0) is 72.7. The van der Waals surface area contributed by atoms with Gasteiger partial charge in [0.15, 0.2) is 0 Å². The van der Waals surface area contributed by atoms with E-state index in [1.54, 1.807) is 0 Å². The third-order valence-electron chi connectivity index (χ3n) is 23.3. The Hall–Kier alpha value is -12.2. The van der Waals surface area contributed by atoms with Gasteiger partial charge < -0.3 is 14.4 Å². The number of aromatic nitrogens is 1. The Morgan fingerprint density at radius 1 is 0.271 bits per heavy atom. The molecule has 15 aromatic carbocycles. The van der Waals surface area contributed by atoms with Crippen LogP contribution in [-0.4, -0.2) is 11.3 Å². The average molecular weight is 1370 g/mol. The Labute approximate surface area is 630 Å². The summed E-state index contributed by atoms with van der Waals surface area (Å²) in [6, 6.07) is 132. The van der Waals surface area contributed by atoms with Crippen LogP contribution in [0.1, 0.15) is 101 Å². The molecule has 0 spiro atoms. The van der Waals surface area contributed by atoms with Crippen molar-refractivity contribution in [2.75, 3.05) is 9.80 Å². The summed E-state index contributed by atoms with van der Waals surface area (Å²) < 4.78 is 2.56. The lowest BCUT2D eigenvalue weighted by atomic mass is 9.33. The Kier molecular flexibility index (Phi) is 15.3. The Morgan fingerprint density at radius 3 is 1.32 bits per heavy atom. The topological polar surface area (TPSA) is 11.4 Å². The minimum absolute atomic E-state index is 0.0520. The van der Waals surface area contributed by atoms with E-state index in [9.17, 15) is 0 Å². The molecule has 4 heteroatoms. The van der Waals surface area contributed by atoms with Gasteiger partial charge in [-0.25, -0.2) is 0 Å². The molecule has 3 aliphatic rings. The van der Waals surface area contributed by atoms with Crippen LogP contribution in [0.3, 0.4) is 0 Å². The van der Waals surface area contributed by atoms with Gasteiger partial charge in [-0.2, -0.15) is 0 Å². The van der Waals surface area contributed by atoms with Crippen LogP contribution in [0.25, 0.3) is 94.3 Å². The number of rotatable bonds is 10. The average Bonchev–Trinajstić information content (AvgIpc) is 1.61. The quantitative estimate of drug-likeness (QED) is 0.126. The van der Waals surface area contributed by atoms with E-state index in [1.807, 2.05) is 0 Å². The van der Waals surface area contributed by atoms with E-state index in [0.29, 0.717) is 0 Å². The molecule has 19 rings (SSSR count). The lowest BCUT2D eigenvalue weighted by Crippen LogP contribution is -2.61. The smallest absolute Gasteiger partial charge is 0.252 e. The molecule has 3 nitrogen and oxygen atoms in total. The number of hydrogen-bond donors (Lipinski definition) is 0. The monoisotopic (exact) mass is 1370 g/mol. The summed E-state index contributed by atoms with van der Waals surface area (Å²) in [5.74, 6) is 0. The van der Waals surface area contributed by atoms with Crippen LogP contribution in [0.15, 0.2) is 346 Å². The molecule has 0 radical (unpaired) electrons. The van der Waals surface area contributed by atoms with Crippen LogP contribution in [-0.2, 0) is 21.7 Å². The molecule has 0 amide bonds. The van der Waals surface area contributed by atoms with Gasteiger partial charge >= 0.3 is 0 Å². The summed E-state index contributed by atoms with van der Waals surface area (Å²) in [6.45, 7) is 20.8. The Balaban J connectivity index is 0.920. The fraction of sp³-hybridized carbons (Fsp3) is 0.126. The molecule has 2 aliphatic heterocycles. The summed E-state index contributed by atoms with van der Waals surface area (Å²) in [6.07, 6.45) is 0. The van der Waals surface area contributed by atoms with Gasteiger partial charge in [0, 0.05) is 55.9 Å². The highest BCUT2D eigenvalue weighted by molar-refractivity contribution is 7.00. The van der Waals surface area contributed by atoms with E-state index in [0.717, 1.165) is 67.6 Å². The highest BCUT2D eigenvalue weighted by Gasteiger charge is 2.49. The maximum absolute atomic E-state index is 2.69. The molecule has 1 atom stereocenters. The lowest BCUT2D eigenvalue weighted by molar-refractivity contribution is 0.590. The maximum atomic E-state index is 2.69. The van der Waals surface area contributed by atoms with E-state index in [4.69, 9.17) is 0 Å². The van der Waals surface area contributed by atoms with Crippen LogP contribution in [0.5, 0.6) is 0 Å². The number of hydrogen-bond acceptors (Lipinski definition) is 2.